The first kappa shape index (κ1) is 26.8. The molecule has 4 heterocycles. The van der Waals surface area contributed by atoms with Crippen molar-refractivity contribution in [1.82, 2.24) is 19.9 Å². The maximum atomic E-state index is 14.0. The number of nitrogens with zero attached hydrogens (tertiary/aromatic N) is 4. The molecule has 4 aliphatic rings. The summed E-state index contributed by atoms with van der Waals surface area (Å²) in [5, 5.41) is 6.30. The summed E-state index contributed by atoms with van der Waals surface area (Å²) in [5.41, 5.74) is 8.21. The number of H-pyrrole nitrogens is 1. The van der Waals surface area contributed by atoms with Gasteiger partial charge in [0.2, 0.25) is 5.95 Å². The highest BCUT2D eigenvalue weighted by Gasteiger charge is 2.31. The normalized spacial score (nSPS) is 18.1. The Morgan fingerprint density at radius 1 is 1.07 bits per heavy atom. The van der Waals surface area contributed by atoms with E-state index >= 15 is 0 Å². The number of halogens is 2. The molecule has 0 spiro atoms. The van der Waals surface area contributed by atoms with Crippen LogP contribution < -0.4 is 26.0 Å². The molecule has 1 atom stereocenters. The Balaban J connectivity index is 1.21. The van der Waals surface area contributed by atoms with Crippen molar-refractivity contribution in [3.05, 3.63) is 60.0 Å². The second-order valence-electron chi connectivity index (χ2n) is 10.4. The second kappa shape index (κ2) is 11.2. The van der Waals surface area contributed by atoms with Gasteiger partial charge < -0.3 is 31.0 Å². The lowest BCUT2D eigenvalue weighted by atomic mass is 10.0. The minimum Gasteiger partial charge on any atom is -0.494 e. The van der Waals surface area contributed by atoms with Crippen LogP contribution in [0.15, 0.2) is 48.7 Å². The third-order valence-corrected chi connectivity index (χ3v) is 7.86. The number of amides is 1. The van der Waals surface area contributed by atoms with Crippen molar-refractivity contribution in [2.45, 2.75) is 31.5 Å². The van der Waals surface area contributed by atoms with Crippen LogP contribution in [0.4, 0.5) is 37.6 Å². The van der Waals surface area contributed by atoms with Gasteiger partial charge in [-0.15, -0.1) is 0 Å². The van der Waals surface area contributed by atoms with Crippen LogP contribution in [0.3, 0.4) is 0 Å². The number of ether oxygens (including phenoxy) is 1. The summed E-state index contributed by atoms with van der Waals surface area (Å²) in [7, 11) is 1.61. The number of hydrogen-bond acceptors (Lipinski definition) is 8. The number of carbonyl (C=O) groups excluding carboxylic acids is 1. The SMILES string of the molecule is COc1cc(N2CCC(N3CC[C@H](F)C3)CC2)ccc1Nc1nc(Nc2cc(F)ccc2C(N)=O)c2ccnc-2[nH]1. The predicted octanol–water partition coefficient (Wildman–Crippen LogP) is 4.66. The number of fused-ring (bicyclic) bond motifs is 1. The molecule has 0 aliphatic carbocycles. The Labute approximate surface area is 236 Å². The van der Waals surface area contributed by atoms with Crippen molar-refractivity contribution in [2.75, 3.05) is 48.8 Å². The zero-order valence-electron chi connectivity index (χ0n) is 22.7. The number of anilines is 5. The molecule has 0 aromatic heterocycles. The molecule has 2 aromatic rings. The zero-order valence-corrected chi connectivity index (χ0v) is 22.7. The zero-order chi connectivity index (χ0) is 28.5. The average Bonchev–Trinajstić information content (AvgIpc) is 3.62. The number of aromatic amines is 1. The number of carbonyl (C=O) groups is 1. The molecule has 12 heteroatoms. The fraction of sp³-hybridized carbons (Fsp3) is 0.345. The Bertz CT molecular complexity index is 1520. The number of aromatic nitrogens is 3. The monoisotopic (exact) mass is 562 g/mol. The fourth-order valence-corrected chi connectivity index (χ4v) is 5.73. The summed E-state index contributed by atoms with van der Waals surface area (Å²) >= 11 is 0. The molecule has 2 fully saturated rings. The number of piperidine rings is 1. The first-order valence-electron chi connectivity index (χ1n) is 13.7. The van der Waals surface area contributed by atoms with E-state index in [0.717, 1.165) is 38.2 Å². The molecule has 4 aliphatic heterocycles. The van der Waals surface area contributed by atoms with Gasteiger partial charge in [0.25, 0.3) is 5.91 Å². The van der Waals surface area contributed by atoms with E-state index in [-0.39, 0.29) is 11.3 Å². The van der Waals surface area contributed by atoms with E-state index in [1.165, 1.54) is 18.2 Å². The van der Waals surface area contributed by atoms with Crippen molar-refractivity contribution < 1.29 is 18.3 Å². The van der Waals surface area contributed by atoms with Gasteiger partial charge in [0.05, 0.1) is 29.6 Å². The number of nitrogens with one attached hydrogen (secondary N) is 3. The minimum absolute atomic E-state index is 0.136. The molecule has 0 saturated carbocycles. The molecule has 5 N–H and O–H groups in total. The Hall–Kier alpha value is -4.45. The predicted molar refractivity (Wildman–Crippen MR) is 154 cm³/mol. The number of hydrogen-bond donors (Lipinski definition) is 4. The smallest absolute Gasteiger partial charge is 0.250 e. The van der Waals surface area contributed by atoms with Gasteiger partial charge in [0.15, 0.2) is 0 Å². The molecule has 214 valence electrons. The van der Waals surface area contributed by atoms with Crippen LogP contribution in [0.5, 0.6) is 5.75 Å². The molecule has 2 aromatic carbocycles. The van der Waals surface area contributed by atoms with Crippen LogP contribution in [-0.2, 0) is 0 Å². The van der Waals surface area contributed by atoms with E-state index in [2.05, 4.69) is 35.4 Å². The Kier molecular flexibility index (Phi) is 7.31. The van der Waals surface area contributed by atoms with Gasteiger partial charge in [-0.05, 0) is 55.7 Å². The molecule has 0 radical (unpaired) electrons. The lowest BCUT2D eigenvalue weighted by Gasteiger charge is -2.38. The molecule has 2 saturated heterocycles. The molecule has 1 amide bonds. The average molecular weight is 563 g/mol. The van der Waals surface area contributed by atoms with Crippen molar-refractivity contribution in [1.29, 1.82) is 0 Å². The molecular weight excluding hydrogens is 530 g/mol. The van der Waals surface area contributed by atoms with Gasteiger partial charge in [-0.25, -0.2) is 13.8 Å². The number of nitrogens with two attached hydrogens (primary N) is 1. The standard InChI is InChI=1S/C29H32F2N8O2/c1-41-25-15-20(38-12-8-19(9-13-38)39-11-7-18(31)16-39)3-5-23(25)35-29-36-27-22(6-10-33-27)28(37-29)34-24-14-17(30)2-4-21(24)26(32)40/h2-6,10,14-15,18-19H,7-9,11-13,16H2,1H3,(H2,32,40)(H3,33,34,35,36,37)/t18-/m0/s1. The van der Waals surface area contributed by atoms with Crippen LogP contribution in [0, 0.1) is 5.82 Å². The lowest BCUT2D eigenvalue weighted by Crippen LogP contribution is -2.44. The summed E-state index contributed by atoms with van der Waals surface area (Å²) in [6.07, 6.45) is 3.57. The number of alkyl halides is 1. The maximum Gasteiger partial charge on any atom is 0.250 e. The van der Waals surface area contributed by atoms with Crippen LogP contribution in [0.1, 0.15) is 29.6 Å². The molecule has 0 bridgehead atoms. The van der Waals surface area contributed by atoms with E-state index in [0.29, 0.717) is 53.6 Å². The Morgan fingerprint density at radius 2 is 1.90 bits per heavy atom. The summed E-state index contributed by atoms with van der Waals surface area (Å²) in [6.45, 7) is 3.20. The first-order chi connectivity index (χ1) is 19.9. The molecule has 10 nitrogen and oxygen atoms in total. The number of benzene rings is 2. The number of rotatable bonds is 8. The van der Waals surface area contributed by atoms with Crippen molar-refractivity contribution in [3.8, 4) is 17.1 Å². The minimum atomic E-state index is -0.694. The molecule has 0 unspecified atom stereocenters. The highest BCUT2D eigenvalue weighted by molar-refractivity contribution is 5.99. The second-order valence-corrected chi connectivity index (χ2v) is 10.4. The van der Waals surface area contributed by atoms with Crippen LogP contribution in [0.2, 0.25) is 0 Å². The van der Waals surface area contributed by atoms with E-state index in [1.54, 1.807) is 19.4 Å². The lowest BCUT2D eigenvalue weighted by molar-refractivity contribution is 0.100. The molecule has 6 rings (SSSR count). The van der Waals surface area contributed by atoms with Gasteiger partial charge in [0, 0.05) is 50.2 Å². The van der Waals surface area contributed by atoms with Crippen LogP contribution in [-0.4, -0.2) is 71.3 Å². The van der Waals surface area contributed by atoms with E-state index in [4.69, 9.17) is 10.5 Å². The van der Waals surface area contributed by atoms with Gasteiger partial charge >= 0.3 is 0 Å². The van der Waals surface area contributed by atoms with Crippen LogP contribution in [0.25, 0.3) is 11.4 Å². The maximum absolute atomic E-state index is 14.0. The Morgan fingerprint density at radius 3 is 2.63 bits per heavy atom. The number of methoxy groups -OCH3 is 1. The number of primary amides is 1. The van der Waals surface area contributed by atoms with Crippen molar-refractivity contribution >= 4 is 34.7 Å². The summed E-state index contributed by atoms with van der Waals surface area (Å²) in [4.78, 5) is 28.7. The van der Waals surface area contributed by atoms with Crippen LogP contribution >= 0.6 is 0 Å². The van der Waals surface area contributed by atoms with Gasteiger partial charge in [-0.2, -0.15) is 4.98 Å². The summed E-state index contributed by atoms with van der Waals surface area (Å²) < 4.78 is 33.4. The quantitative estimate of drug-likeness (QED) is 0.245. The summed E-state index contributed by atoms with van der Waals surface area (Å²) in [6, 6.07) is 11.8. The van der Waals surface area contributed by atoms with Crippen molar-refractivity contribution in [2.24, 2.45) is 5.73 Å². The van der Waals surface area contributed by atoms with E-state index in [1.807, 2.05) is 18.2 Å². The third kappa shape index (κ3) is 5.60. The first-order valence-corrected chi connectivity index (χ1v) is 13.7. The highest BCUT2D eigenvalue weighted by Crippen LogP contribution is 2.36. The van der Waals surface area contributed by atoms with Gasteiger partial charge in [-0.3, -0.25) is 9.69 Å². The number of likely N-dealkylation sites (tertiary alicyclic amines) is 1. The van der Waals surface area contributed by atoms with Gasteiger partial charge in [0.1, 0.15) is 29.4 Å². The highest BCUT2D eigenvalue weighted by atomic mass is 19.1. The third-order valence-electron chi connectivity index (χ3n) is 7.86. The van der Waals surface area contributed by atoms with E-state index < -0.39 is 17.9 Å². The summed E-state index contributed by atoms with van der Waals surface area (Å²) in [5.74, 6) is 0.683. The topological polar surface area (TPSA) is 124 Å². The van der Waals surface area contributed by atoms with E-state index in [9.17, 15) is 13.6 Å². The molecular formula is C29H32F2N8O2. The van der Waals surface area contributed by atoms with Crippen molar-refractivity contribution in [3.63, 3.8) is 0 Å². The molecule has 41 heavy (non-hydrogen) atoms. The fourth-order valence-electron chi connectivity index (χ4n) is 5.73. The van der Waals surface area contributed by atoms with Gasteiger partial charge in [-0.1, -0.05) is 0 Å². The largest absolute Gasteiger partial charge is 0.494 e.